The van der Waals surface area contributed by atoms with Gasteiger partial charge in [0.25, 0.3) is 5.56 Å². The Bertz CT molecular complexity index is 640. The molecule has 0 radical (unpaired) electrons. The highest BCUT2D eigenvalue weighted by Crippen LogP contribution is 2.23. The largest absolute Gasteiger partial charge is 0.302 e. The summed E-state index contributed by atoms with van der Waals surface area (Å²) in [4.78, 5) is 17.4. The Morgan fingerprint density at radius 1 is 1.04 bits per heavy atom. The van der Waals surface area contributed by atoms with Gasteiger partial charge in [-0.05, 0) is 64.3 Å². The molecule has 2 aliphatic heterocycles. The van der Waals surface area contributed by atoms with E-state index in [1.807, 2.05) is 6.07 Å². The van der Waals surface area contributed by atoms with Crippen molar-refractivity contribution in [2.24, 2.45) is 5.92 Å². The highest BCUT2D eigenvalue weighted by atomic mass is 16.1. The van der Waals surface area contributed by atoms with Crippen molar-refractivity contribution >= 4 is 0 Å². The summed E-state index contributed by atoms with van der Waals surface area (Å²) in [5.41, 5.74) is 1.00. The number of nitrogens with zero attached hydrogens (tertiary/aromatic N) is 4. The first-order valence-electron chi connectivity index (χ1n) is 10.3. The molecule has 0 amide bonds. The average Bonchev–Trinajstić information content (AvgIpc) is 2.59. The first-order chi connectivity index (χ1) is 12.3. The van der Waals surface area contributed by atoms with Crippen LogP contribution >= 0.6 is 0 Å². The van der Waals surface area contributed by atoms with Crippen molar-refractivity contribution in [3.63, 3.8) is 0 Å². The molecule has 1 aromatic rings. The Labute approximate surface area is 158 Å². The summed E-state index contributed by atoms with van der Waals surface area (Å²) in [5, 5.41) is 4.64. The molecule has 0 N–H and O–H groups in total. The van der Waals surface area contributed by atoms with Gasteiger partial charge in [0, 0.05) is 30.6 Å². The summed E-state index contributed by atoms with van der Waals surface area (Å²) in [6.07, 6.45) is 6.42. The molecular formula is C21H36N4O. The van der Waals surface area contributed by atoms with Crippen molar-refractivity contribution in [3.8, 4) is 0 Å². The molecule has 1 aromatic heterocycles. The minimum atomic E-state index is -0.0230. The van der Waals surface area contributed by atoms with E-state index in [0.29, 0.717) is 5.92 Å². The summed E-state index contributed by atoms with van der Waals surface area (Å²) in [5.74, 6) is 0.566. The molecule has 0 bridgehead atoms. The lowest BCUT2D eigenvalue weighted by Crippen LogP contribution is -2.47. The number of likely N-dealkylation sites (N-methyl/N-ethyl adjacent to an activating group) is 1. The molecule has 2 fully saturated rings. The molecule has 5 heteroatoms. The third-order valence-corrected chi connectivity index (χ3v) is 6.16. The van der Waals surface area contributed by atoms with Crippen LogP contribution < -0.4 is 5.56 Å². The molecule has 2 saturated heterocycles. The van der Waals surface area contributed by atoms with E-state index >= 15 is 0 Å². The van der Waals surface area contributed by atoms with Crippen LogP contribution in [0.25, 0.3) is 0 Å². The Kier molecular flexibility index (Phi) is 6.18. The Balaban J connectivity index is 1.53. The van der Waals surface area contributed by atoms with Crippen LogP contribution in [0.3, 0.4) is 0 Å². The Morgan fingerprint density at radius 2 is 1.77 bits per heavy atom. The van der Waals surface area contributed by atoms with Gasteiger partial charge in [0.05, 0.1) is 5.69 Å². The summed E-state index contributed by atoms with van der Waals surface area (Å²) >= 11 is 0. The zero-order chi connectivity index (χ0) is 18.7. The molecule has 0 spiro atoms. The van der Waals surface area contributed by atoms with Crippen molar-refractivity contribution in [3.05, 3.63) is 28.2 Å². The second-order valence-electron chi connectivity index (χ2n) is 9.36. The highest BCUT2D eigenvalue weighted by Gasteiger charge is 2.26. The van der Waals surface area contributed by atoms with E-state index in [1.165, 1.54) is 45.2 Å². The monoisotopic (exact) mass is 360 g/mol. The topological polar surface area (TPSA) is 41.4 Å². The van der Waals surface area contributed by atoms with Crippen LogP contribution in [0, 0.1) is 5.92 Å². The van der Waals surface area contributed by atoms with Crippen molar-refractivity contribution < 1.29 is 0 Å². The molecule has 2 aliphatic rings. The zero-order valence-corrected chi connectivity index (χ0v) is 17.1. The van der Waals surface area contributed by atoms with Crippen LogP contribution in [-0.4, -0.2) is 58.8 Å². The second kappa shape index (κ2) is 8.22. The van der Waals surface area contributed by atoms with Crippen LogP contribution in [0.2, 0.25) is 0 Å². The quantitative estimate of drug-likeness (QED) is 0.828. The van der Waals surface area contributed by atoms with E-state index in [1.54, 1.807) is 10.7 Å². The van der Waals surface area contributed by atoms with Gasteiger partial charge in [0.2, 0.25) is 0 Å². The van der Waals surface area contributed by atoms with Gasteiger partial charge in [0.15, 0.2) is 0 Å². The maximum absolute atomic E-state index is 12.2. The van der Waals surface area contributed by atoms with Crippen LogP contribution in [0.5, 0.6) is 0 Å². The van der Waals surface area contributed by atoms with E-state index in [4.69, 9.17) is 0 Å². The van der Waals surface area contributed by atoms with E-state index < -0.39 is 0 Å². The molecule has 3 rings (SSSR count). The molecule has 3 heterocycles. The second-order valence-corrected chi connectivity index (χ2v) is 9.36. The highest BCUT2D eigenvalue weighted by molar-refractivity contribution is 5.10. The maximum Gasteiger partial charge on any atom is 0.266 e. The lowest BCUT2D eigenvalue weighted by atomic mass is 9.92. The third-order valence-electron chi connectivity index (χ3n) is 6.16. The summed E-state index contributed by atoms with van der Waals surface area (Å²) in [6.45, 7) is 12.0. The summed E-state index contributed by atoms with van der Waals surface area (Å²) < 4.78 is 1.70. The van der Waals surface area contributed by atoms with Gasteiger partial charge < -0.3 is 9.80 Å². The lowest BCUT2D eigenvalue weighted by Gasteiger charge is -2.39. The number of aromatic nitrogens is 2. The van der Waals surface area contributed by atoms with Crippen molar-refractivity contribution in [2.45, 2.75) is 70.9 Å². The average molecular weight is 361 g/mol. The number of hydrogen-bond donors (Lipinski definition) is 0. The maximum atomic E-state index is 12.2. The van der Waals surface area contributed by atoms with Crippen LogP contribution in [0.1, 0.15) is 58.6 Å². The van der Waals surface area contributed by atoms with Gasteiger partial charge in [-0.3, -0.25) is 4.79 Å². The SMILES string of the molecule is CN1CCCCC1CN1CCC(Cn2nc(C(C)(C)C)ccc2=O)CC1. The fourth-order valence-electron chi connectivity index (χ4n) is 4.25. The van der Waals surface area contributed by atoms with Crippen LogP contribution in [0.15, 0.2) is 16.9 Å². The van der Waals surface area contributed by atoms with E-state index in [9.17, 15) is 4.79 Å². The Hall–Kier alpha value is -1.20. The first-order valence-corrected chi connectivity index (χ1v) is 10.3. The van der Waals surface area contributed by atoms with E-state index in [-0.39, 0.29) is 11.0 Å². The molecule has 0 aromatic carbocycles. The molecule has 0 saturated carbocycles. The molecule has 26 heavy (non-hydrogen) atoms. The first kappa shape index (κ1) is 19.6. The molecule has 0 aliphatic carbocycles. The fraction of sp³-hybridized carbons (Fsp3) is 0.810. The standard InChI is InChI=1S/C21H36N4O/c1-21(2,3)19-8-9-20(26)25(22-19)15-17-10-13-24(14-11-17)16-18-7-5-6-12-23(18)4/h8-9,17-18H,5-7,10-16H2,1-4H3. The molecule has 146 valence electrons. The van der Waals surface area contributed by atoms with Crippen molar-refractivity contribution in [1.29, 1.82) is 0 Å². The van der Waals surface area contributed by atoms with Gasteiger partial charge in [-0.15, -0.1) is 0 Å². The van der Waals surface area contributed by atoms with Gasteiger partial charge >= 0.3 is 0 Å². The number of likely N-dealkylation sites (tertiary alicyclic amines) is 2. The summed E-state index contributed by atoms with van der Waals surface area (Å²) in [7, 11) is 2.27. The van der Waals surface area contributed by atoms with Crippen molar-refractivity contribution in [2.75, 3.05) is 33.2 Å². The van der Waals surface area contributed by atoms with Gasteiger partial charge in [-0.25, -0.2) is 4.68 Å². The molecule has 1 atom stereocenters. The van der Waals surface area contributed by atoms with Gasteiger partial charge in [0.1, 0.15) is 0 Å². The number of hydrogen-bond acceptors (Lipinski definition) is 4. The van der Waals surface area contributed by atoms with E-state index in [2.05, 4.69) is 42.7 Å². The van der Waals surface area contributed by atoms with Crippen LogP contribution in [0.4, 0.5) is 0 Å². The smallest absolute Gasteiger partial charge is 0.266 e. The molecular weight excluding hydrogens is 324 g/mol. The van der Waals surface area contributed by atoms with Crippen LogP contribution in [-0.2, 0) is 12.0 Å². The third kappa shape index (κ3) is 4.95. The minimum absolute atomic E-state index is 0.0230. The predicted octanol–water partition coefficient (Wildman–Crippen LogP) is 2.74. The number of piperidine rings is 2. The normalized spacial score (nSPS) is 24.1. The van der Waals surface area contributed by atoms with Crippen molar-refractivity contribution in [1.82, 2.24) is 19.6 Å². The fourth-order valence-corrected chi connectivity index (χ4v) is 4.25. The number of rotatable bonds is 4. The minimum Gasteiger partial charge on any atom is -0.302 e. The van der Waals surface area contributed by atoms with E-state index in [0.717, 1.165) is 31.4 Å². The lowest BCUT2D eigenvalue weighted by molar-refractivity contribution is 0.0995. The Morgan fingerprint density at radius 3 is 2.42 bits per heavy atom. The molecule has 1 unspecified atom stereocenters. The summed E-state index contributed by atoms with van der Waals surface area (Å²) in [6, 6.07) is 4.29. The van der Waals surface area contributed by atoms with Gasteiger partial charge in [-0.2, -0.15) is 5.10 Å². The zero-order valence-electron chi connectivity index (χ0n) is 17.1. The van der Waals surface area contributed by atoms with Gasteiger partial charge in [-0.1, -0.05) is 27.2 Å². The molecule has 5 nitrogen and oxygen atoms in total. The predicted molar refractivity (Wildman–Crippen MR) is 107 cm³/mol.